The van der Waals surface area contributed by atoms with Crippen molar-refractivity contribution in [3.8, 4) is 11.5 Å². The molecule has 0 aromatic heterocycles. The van der Waals surface area contributed by atoms with E-state index >= 15 is 0 Å². The lowest BCUT2D eigenvalue weighted by Gasteiger charge is -2.23. The lowest BCUT2D eigenvalue weighted by molar-refractivity contribution is 0.173. The molecule has 1 N–H and O–H groups in total. The van der Waals surface area contributed by atoms with Gasteiger partial charge in [0.05, 0.1) is 0 Å². The number of benzene rings is 1. The number of fused-ring (bicyclic) bond motifs is 1. The Morgan fingerprint density at radius 2 is 2.00 bits per heavy atom. The summed E-state index contributed by atoms with van der Waals surface area (Å²) in [6, 6.07) is 4.41. The number of rotatable bonds is 1. The molecule has 2 aliphatic rings. The summed E-state index contributed by atoms with van der Waals surface area (Å²) in [5.41, 5.74) is 2.60. The average molecular weight is 219 g/mol. The van der Waals surface area contributed by atoms with E-state index in [1.165, 1.54) is 24.0 Å². The molecule has 0 bridgehead atoms. The van der Waals surface area contributed by atoms with Gasteiger partial charge in [-0.1, -0.05) is 6.07 Å². The van der Waals surface area contributed by atoms with E-state index in [4.69, 9.17) is 9.47 Å². The highest BCUT2D eigenvalue weighted by Gasteiger charge is 2.21. The van der Waals surface area contributed by atoms with E-state index in [9.17, 15) is 0 Å². The number of hydrogen-bond donors (Lipinski definition) is 1. The minimum Gasteiger partial charge on any atom is -0.454 e. The standard InChI is InChI=1S/C13H17NO2/c1-9-6-11(10-2-4-14-5-3-10)7-12-13(9)16-8-15-12/h6-7,10,14H,2-5,8H2,1H3. The Hall–Kier alpha value is -1.22. The minimum absolute atomic E-state index is 0.367. The zero-order valence-corrected chi connectivity index (χ0v) is 9.58. The number of aryl methyl sites for hydroxylation is 1. The second-order valence-corrected chi connectivity index (χ2v) is 4.60. The predicted molar refractivity (Wildman–Crippen MR) is 62.1 cm³/mol. The summed E-state index contributed by atoms with van der Waals surface area (Å²) in [4.78, 5) is 0. The van der Waals surface area contributed by atoms with Gasteiger partial charge in [0, 0.05) is 0 Å². The third-order valence-electron chi connectivity index (χ3n) is 3.49. The van der Waals surface area contributed by atoms with Crippen molar-refractivity contribution in [3.05, 3.63) is 23.3 Å². The van der Waals surface area contributed by atoms with E-state index in [1.807, 2.05) is 0 Å². The smallest absolute Gasteiger partial charge is 0.231 e. The second-order valence-electron chi connectivity index (χ2n) is 4.60. The van der Waals surface area contributed by atoms with Crippen molar-refractivity contribution in [2.75, 3.05) is 19.9 Å². The molecular formula is C13H17NO2. The molecule has 0 saturated carbocycles. The first-order valence-corrected chi connectivity index (χ1v) is 5.95. The Morgan fingerprint density at radius 3 is 2.81 bits per heavy atom. The van der Waals surface area contributed by atoms with E-state index < -0.39 is 0 Å². The molecule has 16 heavy (non-hydrogen) atoms. The van der Waals surface area contributed by atoms with Crippen LogP contribution in [0.15, 0.2) is 12.1 Å². The zero-order chi connectivity index (χ0) is 11.0. The highest BCUT2D eigenvalue weighted by molar-refractivity contribution is 5.51. The quantitative estimate of drug-likeness (QED) is 0.785. The number of hydrogen-bond acceptors (Lipinski definition) is 3. The van der Waals surface area contributed by atoms with Gasteiger partial charge in [-0.3, -0.25) is 0 Å². The maximum Gasteiger partial charge on any atom is 0.231 e. The molecule has 0 atom stereocenters. The molecule has 3 heteroatoms. The van der Waals surface area contributed by atoms with Gasteiger partial charge >= 0.3 is 0 Å². The van der Waals surface area contributed by atoms with Gasteiger partial charge in [-0.05, 0) is 56.0 Å². The topological polar surface area (TPSA) is 30.5 Å². The summed E-state index contributed by atoms with van der Waals surface area (Å²) in [6.45, 7) is 4.71. The molecular weight excluding hydrogens is 202 g/mol. The molecule has 0 amide bonds. The third kappa shape index (κ3) is 1.65. The van der Waals surface area contributed by atoms with Crippen LogP contribution in [-0.2, 0) is 0 Å². The monoisotopic (exact) mass is 219 g/mol. The summed E-state index contributed by atoms with van der Waals surface area (Å²) in [5.74, 6) is 2.53. The van der Waals surface area contributed by atoms with Crippen molar-refractivity contribution < 1.29 is 9.47 Å². The van der Waals surface area contributed by atoms with E-state index in [-0.39, 0.29) is 0 Å². The van der Waals surface area contributed by atoms with E-state index in [0.29, 0.717) is 12.7 Å². The maximum absolute atomic E-state index is 5.47. The molecule has 0 unspecified atom stereocenters. The van der Waals surface area contributed by atoms with Crippen LogP contribution in [0.1, 0.15) is 29.9 Å². The summed E-state index contributed by atoms with van der Waals surface area (Å²) >= 11 is 0. The lowest BCUT2D eigenvalue weighted by Crippen LogP contribution is -2.26. The first kappa shape index (κ1) is 9.97. The van der Waals surface area contributed by atoms with Crippen molar-refractivity contribution in [1.82, 2.24) is 5.32 Å². The van der Waals surface area contributed by atoms with Crippen molar-refractivity contribution in [1.29, 1.82) is 0 Å². The summed E-state index contributed by atoms with van der Waals surface area (Å²) < 4.78 is 10.9. The van der Waals surface area contributed by atoms with Gasteiger partial charge in [0.25, 0.3) is 0 Å². The van der Waals surface area contributed by atoms with Gasteiger partial charge in [-0.25, -0.2) is 0 Å². The Kier molecular flexibility index (Phi) is 2.48. The van der Waals surface area contributed by atoms with Crippen LogP contribution in [0.25, 0.3) is 0 Å². The normalized spacial score (nSPS) is 20.1. The van der Waals surface area contributed by atoms with E-state index in [2.05, 4.69) is 24.4 Å². The summed E-state index contributed by atoms with van der Waals surface area (Å²) in [7, 11) is 0. The molecule has 1 aromatic carbocycles. The molecule has 0 spiro atoms. The van der Waals surface area contributed by atoms with Crippen molar-refractivity contribution >= 4 is 0 Å². The molecule has 2 aliphatic heterocycles. The highest BCUT2D eigenvalue weighted by Crippen LogP contribution is 2.39. The van der Waals surface area contributed by atoms with Crippen molar-refractivity contribution in [2.24, 2.45) is 0 Å². The first-order valence-electron chi connectivity index (χ1n) is 5.95. The molecule has 1 fully saturated rings. The Morgan fingerprint density at radius 1 is 1.19 bits per heavy atom. The highest BCUT2D eigenvalue weighted by atomic mass is 16.7. The molecule has 1 saturated heterocycles. The predicted octanol–water partition coefficient (Wildman–Crippen LogP) is 2.19. The average Bonchev–Trinajstić information content (AvgIpc) is 2.79. The number of nitrogens with one attached hydrogen (secondary N) is 1. The molecule has 86 valence electrons. The second kappa shape index (κ2) is 3.98. The van der Waals surface area contributed by atoms with Crippen LogP contribution in [0.5, 0.6) is 11.5 Å². The van der Waals surface area contributed by atoms with Gasteiger partial charge in [0.15, 0.2) is 11.5 Å². The number of piperidine rings is 1. The van der Waals surface area contributed by atoms with Crippen LogP contribution in [0.4, 0.5) is 0 Å². The Balaban J connectivity index is 1.92. The Labute approximate surface area is 95.8 Å². The van der Waals surface area contributed by atoms with Crippen LogP contribution in [-0.4, -0.2) is 19.9 Å². The minimum atomic E-state index is 0.367. The molecule has 1 aromatic rings. The largest absolute Gasteiger partial charge is 0.454 e. The summed E-state index contributed by atoms with van der Waals surface area (Å²) in [5, 5.41) is 3.40. The van der Waals surface area contributed by atoms with Gasteiger partial charge in [0.1, 0.15) is 0 Å². The van der Waals surface area contributed by atoms with E-state index in [0.717, 1.165) is 24.6 Å². The fourth-order valence-corrected chi connectivity index (χ4v) is 2.60. The van der Waals surface area contributed by atoms with Gasteiger partial charge < -0.3 is 14.8 Å². The van der Waals surface area contributed by atoms with Crippen molar-refractivity contribution in [2.45, 2.75) is 25.7 Å². The maximum atomic E-state index is 5.47. The fourth-order valence-electron chi connectivity index (χ4n) is 2.60. The SMILES string of the molecule is Cc1cc(C2CCNCC2)cc2c1OCO2. The van der Waals surface area contributed by atoms with E-state index in [1.54, 1.807) is 0 Å². The zero-order valence-electron chi connectivity index (χ0n) is 9.58. The van der Waals surface area contributed by atoms with Crippen LogP contribution in [0.2, 0.25) is 0 Å². The van der Waals surface area contributed by atoms with Crippen LogP contribution >= 0.6 is 0 Å². The molecule has 0 radical (unpaired) electrons. The molecule has 2 heterocycles. The molecule has 3 rings (SSSR count). The van der Waals surface area contributed by atoms with Crippen LogP contribution in [0.3, 0.4) is 0 Å². The van der Waals surface area contributed by atoms with Gasteiger partial charge in [0.2, 0.25) is 6.79 Å². The third-order valence-corrected chi connectivity index (χ3v) is 3.49. The van der Waals surface area contributed by atoms with Crippen LogP contribution < -0.4 is 14.8 Å². The molecule has 0 aliphatic carbocycles. The van der Waals surface area contributed by atoms with Gasteiger partial charge in [-0.2, -0.15) is 0 Å². The van der Waals surface area contributed by atoms with Gasteiger partial charge in [-0.15, -0.1) is 0 Å². The summed E-state index contributed by atoms with van der Waals surface area (Å²) in [6.07, 6.45) is 2.44. The lowest BCUT2D eigenvalue weighted by atomic mass is 9.89. The van der Waals surface area contributed by atoms with Crippen molar-refractivity contribution in [3.63, 3.8) is 0 Å². The first-order chi connectivity index (χ1) is 7.84. The van der Waals surface area contributed by atoms with Crippen LogP contribution in [0, 0.1) is 6.92 Å². The molecule has 3 nitrogen and oxygen atoms in total. The Bertz CT molecular complexity index is 397. The fraction of sp³-hybridized carbons (Fsp3) is 0.538. The number of ether oxygens (including phenoxy) is 2.